The summed E-state index contributed by atoms with van der Waals surface area (Å²) in [6.07, 6.45) is 3.73. The van der Waals surface area contributed by atoms with Crippen LogP contribution in [-0.2, 0) is 6.42 Å². The molecule has 0 saturated carbocycles. The van der Waals surface area contributed by atoms with Crippen molar-refractivity contribution < 1.29 is 18.7 Å². The summed E-state index contributed by atoms with van der Waals surface area (Å²) in [5.41, 5.74) is 0.0765. The van der Waals surface area contributed by atoms with Crippen LogP contribution in [0.2, 0.25) is 0 Å². The average molecular weight is 384 g/mol. The highest BCUT2D eigenvalue weighted by Gasteiger charge is 2.39. The number of aromatic nitrogens is 3. The summed E-state index contributed by atoms with van der Waals surface area (Å²) in [4.78, 5) is 14.3. The number of hydrogen-bond donors (Lipinski definition) is 1. The van der Waals surface area contributed by atoms with Gasteiger partial charge in [-0.05, 0) is 42.3 Å². The number of hydrogen-bond acceptors (Lipinski definition) is 4. The summed E-state index contributed by atoms with van der Waals surface area (Å²) in [5.74, 6) is -1.47. The molecule has 2 aromatic carbocycles. The number of nitrogens with zero attached hydrogens (tertiary/aromatic N) is 4. The van der Waals surface area contributed by atoms with Gasteiger partial charge >= 0.3 is 0 Å². The molecule has 1 aliphatic rings. The molecule has 8 heteroatoms. The van der Waals surface area contributed by atoms with Crippen LogP contribution >= 0.6 is 0 Å². The normalized spacial score (nSPS) is 19.2. The van der Waals surface area contributed by atoms with E-state index in [0.717, 1.165) is 5.56 Å². The van der Waals surface area contributed by atoms with E-state index in [1.807, 2.05) is 0 Å². The van der Waals surface area contributed by atoms with Crippen LogP contribution in [0.1, 0.15) is 22.3 Å². The summed E-state index contributed by atoms with van der Waals surface area (Å²) in [5, 5.41) is 18.4. The molecular formula is C20H18F2N4O2. The number of amides is 1. The SMILES string of the molecule is O=C(c1cc(-n2ccnn2)ccc1F)N1CCC(O)(Cc2ccc(F)cc2)C1. The third kappa shape index (κ3) is 3.63. The molecule has 144 valence electrons. The van der Waals surface area contributed by atoms with Gasteiger partial charge in [0.1, 0.15) is 11.6 Å². The predicted octanol–water partition coefficient (Wildman–Crippen LogP) is 2.37. The van der Waals surface area contributed by atoms with Crippen LogP contribution in [-0.4, -0.2) is 49.6 Å². The average Bonchev–Trinajstić information content (AvgIpc) is 3.34. The van der Waals surface area contributed by atoms with Crippen molar-refractivity contribution in [1.29, 1.82) is 0 Å². The molecule has 1 fully saturated rings. The Kier molecular flexibility index (Phi) is 4.64. The Morgan fingerprint density at radius 1 is 1.18 bits per heavy atom. The van der Waals surface area contributed by atoms with E-state index >= 15 is 0 Å². The van der Waals surface area contributed by atoms with Gasteiger partial charge in [0, 0.05) is 13.0 Å². The molecule has 1 amide bonds. The maximum Gasteiger partial charge on any atom is 0.257 e. The lowest BCUT2D eigenvalue weighted by Crippen LogP contribution is -2.38. The van der Waals surface area contributed by atoms with Gasteiger partial charge in [-0.15, -0.1) is 5.10 Å². The van der Waals surface area contributed by atoms with Gasteiger partial charge < -0.3 is 10.0 Å². The summed E-state index contributed by atoms with van der Waals surface area (Å²) >= 11 is 0. The van der Waals surface area contributed by atoms with Gasteiger partial charge in [0.15, 0.2) is 0 Å². The Balaban J connectivity index is 1.51. The smallest absolute Gasteiger partial charge is 0.257 e. The van der Waals surface area contributed by atoms with E-state index in [1.54, 1.807) is 18.3 Å². The molecule has 1 unspecified atom stereocenters. The number of aliphatic hydroxyl groups is 1. The van der Waals surface area contributed by atoms with Crippen LogP contribution in [0.4, 0.5) is 8.78 Å². The van der Waals surface area contributed by atoms with Gasteiger partial charge in [0.2, 0.25) is 0 Å². The topological polar surface area (TPSA) is 71.2 Å². The molecule has 6 nitrogen and oxygen atoms in total. The van der Waals surface area contributed by atoms with E-state index in [9.17, 15) is 18.7 Å². The minimum Gasteiger partial charge on any atom is -0.388 e. The zero-order valence-electron chi connectivity index (χ0n) is 14.9. The first kappa shape index (κ1) is 18.2. The van der Waals surface area contributed by atoms with Crippen molar-refractivity contribution in [1.82, 2.24) is 19.9 Å². The van der Waals surface area contributed by atoms with Crippen LogP contribution in [0, 0.1) is 11.6 Å². The van der Waals surface area contributed by atoms with Crippen molar-refractivity contribution in [3.8, 4) is 5.69 Å². The second-order valence-electron chi connectivity index (χ2n) is 7.02. The van der Waals surface area contributed by atoms with Crippen LogP contribution < -0.4 is 0 Å². The minimum absolute atomic E-state index is 0.0796. The number of likely N-dealkylation sites (tertiary alicyclic amines) is 1. The van der Waals surface area contributed by atoms with E-state index < -0.39 is 17.3 Å². The van der Waals surface area contributed by atoms with E-state index in [0.29, 0.717) is 25.1 Å². The summed E-state index contributed by atoms with van der Waals surface area (Å²) in [6, 6.07) is 10.0. The van der Waals surface area contributed by atoms with Crippen LogP contribution in [0.3, 0.4) is 0 Å². The fraction of sp³-hybridized carbons (Fsp3) is 0.250. The zero-order chi connectivity index (χ0) is 19.7. The second kappa shape index (κ2) is 7.12. The summed E-state index contributed by atoms with van der Waals surface area (Å²) in [7, 11) is 0. The van der Waals surface area contributed by atoms with Crippen molar-refractivity contribution in [2.75, 3.05) is 13.1 Å². The van der Waals surface area contributed by atoms with Crippen molar-refractivity contribution >= 4 is 5.91 Å². The predicted molar refractivity (Wildman–Crippen MR) is 96.9 cm³/mol. The standard InChI is InChI=1S/C20H18F2N4O2/c21-15-3-1-14(2-4-15)12-20(28)7-9-25(13-20)19(27)17-11-16(5-6-18(17)22)26-10-8-23-24-26/h1-6,8,10-11,28H,7,9,12-13H2. The maximum atomic E-state index is 14.3. The second-order valence-corrected chi connectivity index (χ2v) is 7.02. The highest BCUT2D eigenvalue weighted by atomic mass is 19.1. The van der Waals surface area contributed by atoms with E-state index in [2.05, 4.69) is 10.3 Å². The van der Waals surface area contributed by atoms with E-state index in [-0.39, 0.29) is 17.9 Å². The van der Waals surface area contributed by atoms with E-state index in [4.69, 9.17) is 0 Å². The molecule has 0 radical (unpaired) electrons. The monoisotopic (exact) mass is 384 g/mol. The van der Waals surface area contributed by atoms with E-state index in [1.165, 1.54) is 46.1 Å². The lowest BCUT2D eigenvalue weighted by molar-refractivity contribution is 0.0443. The maximum absolute atomic E-state index is 14.3. The molecule has 0 spiro atoms. The summed E-state index contributed by atoms with van der Waals surface area (Å²) in [6.45, 7) is 0.389. The molecule has 1 aliphatic heterocycles. The number of halogens is 2. The molecular weight excluding hydrogens is 366 g/mol. The van der Waals surface area contributed by atoms with Crippen molar-refractivity contribution in [2.24, 2.45) is 0 Å². The third-order valence-corrected chi connectivity index (χ3v) is 4.93. The molecule has 3 aromatic rings. The van der Waals surface area contributed by atoms with Gasteiger partial charge in [-0.3, -0.25) is 4.79 Å². The first-order valence-corrected chi connectivity index (χ1v) is 8.86. The third-order valence-electron chi connectivity index (χ3n) is 4.93. The molecule has 4 rings (SSSR count). The van der Waals surface area contributed by atoms with Gasteiger partial charge in [-0.1, -0.05) is 17.3 Å². The Bertz CT molecular complexity index is 992. The van der Waals surface area contributed by atoms with Crippen molar-refractivity contribution in [3.63, 3.8) is 0 Å². The van der Waals surface area contributed by atoms with Crippen LogP contribution in [0.5, 0.6) is 0 Å². The number of benzene rings is 2. The highest BCUT2D eigenvalue weighted by molar-refractivity contribution is 5.95. The van der Waals surface area contributed by atoms with Gasteiger partial charge in [0.25, 0.3) is 5.91 Å². The summed E-state index contributed by atoms with van der Waals surface area (Å²) < 4.78 is 28.8. The lowest BCUT2D eigenvalue weighted by atomic mass is 9.94. The van der Waals surface area contributed by atoms with Gasteiger partial charge in [-0.2, -0.15) is 0 Å². The largest absolute Gasteiger partial charge is 0.388 e. The van der Waals surface area contributed by atoms with Crippen molar-refractivity contribution in [2.45, 2.75) is 18.4 Å². The zero-order valence-corrected chi connectivity index (χ0v) is 14.9. The van der Waals surface area contributed by atoms with Gasteiger partial charge in [0.05, 0.1) is 35.8 Å². The Hall–Kier alpha value is -3.13. The Labute approximate surface area is 160 Å². The van der Waals surface area contributed by atoms with Crippen LogP contribution in [0.15, 0.2) is 54.9 Å². The molecule has 1 aromatic heterocycles. The molecule has 28 heavy (non-hydrogen) atoms. The fourth-order valence-corrected chi connectivity index (χ4v) is 3.49. The number of rotatable bonds is 4. The molecule has 1 N–H and O–H groups in total. The highest BCUT2D eigenvalue weighted by Crippen LogP contribution is 2.28. The molecule has 1 saturated heterocycles. The number of carbonyl (C=O) groups excluding carboxylic acids is 1. The first-order chi connectivity index (χ1) is 13.4. The fourth-order valence-electron chi connectivity index (χ4n) is 3.49. The lowest BCUT2D eigenvalue weighted by Gasteiger charge is -2.24. The minimum atomic E-state index is -1.13. The number of carbonyl (C=O) groups is 1. The van der Waals surface area contributed by atoms with Crippen LogP contribution in [0.25, 0.3) is 5.69 Å². The molecule has 1 atom stereocenters. The van der Waals surface area contributed by atoms with Crippen molar-refractivity contribution in [3.05, 3.63) is 77.6 Å². The quantitative estimate of drug-likeness (QED) is 0.750. The first-order valence-electron chi connectivity index (χ1n) is 8.86. The Morgan fingerprint density at radius 3 is 2.68 bits per heavy atom. The number of β-amino-alcohol motifs (C(OH)–C–C–N with tert-alkyl or cyclic N) is 1. The molecule has 0 bridgehead atoms. The van der Waals surface area contributed by atoms with Gasteiger partial charge in [-0.25, -0.2) is 13.5 Å². The molecule has 2 heterocycles. The Morgan fingerprint density at radius 2 is 1.96 bits per heavy atom. The molecule has 0 aliphatic carbocycles.